The maximum Gasteiger partial charge on any atom is 0.252 e. The highest BCUT2D eigenvalue weighted by Crippen LogP contribution is 2.36. The molecule has 1 fully saturated rings. The number of rotatable bonds is 6. The molecule has 1 amide bonds. The van der Waals surface area contributed by atoms with Crippen molar-refractivity contribution in [2.75, 3.05) is 26.3 Å². The van der Waals surface area contributed by atoms with Gasteiger partial charge in [0.15, 0.2) is 0 Å². The molecule has 1 aliphatic rings. The summed E-state index contributed by atoms with van der Waals surface area (Å²) in [6, 6.07) is 28.6. The van der Waals surface area contributed by atoms with Crippen molar-refractivity contribution in [3.63, 3.8) is 0 Å². The number of phenols is 1. The normalized spacial score (nSPS) is 15.2. The number of ether oxygens (including phenoxy) is 1. The lowest BCUT2D eigenvalue weighted by Crippen LogP contribution is -2.35. The van der Waals surface area contributed by atoms with Crippen molar-refractivity contribution in [2.24, 2.45) is 0 Å². The molecule has 0 radical (unpaired) electrons. The Morgan fingerprint density at radius 3 is 2.50 bits per heavy atom. The van der Waals surface area contributed by atoms with Crippen LogP contribution in [-0.2, 0) is 11.3 Å². The van der Waals surface area contributed by atoms with Gasteiger partial charge in [0.1, 0.15) is 5.75 Å². The fraction of sp³-hybridized carbons (Fsp3) is 0.207. The maximum absolute atomic E-state index is 13.5. The lowest BCUT2D eigenvalue weighted by atomic mass is 9.92. The molecular formula is C29H28N2O3. The highest BCUT2D eigenvalue weighted by Gasteiger charge is 2.23. The van der Waals surface area contributed by atoms with Crippen LogP contribution in [0.5, 0.6) is 5.75 Å². The monoisotopic (exact) mass is 452 g/mol. The van der Waals surface area contributed by atoms with E-state index in [0.717, 1.165) is 54.7 Å². The number of carbonyl (C=O) groups excluding carboxylic acids is 1. The van der Waals surface area contributed by atoms with Gasteiger partial charge in [0.05, 0.1) is 19.3 Å². The topological polar surface area (TPSA) is 61.8 Å². The van der Waals surface area contributed by atoms with E-state index in [4.69, 9.17) is 4.74 Å². The lowest BCUT2D eigenvalue weighted by Gasteiger charge is -2.26. The smallest absolute Gasteiger partial charge is 0.252 e. The summed E-state index contributed by atoms with van der Waals surface area (Å²) in [6.45, 7) is 4.07. The quantitative estimate of drug-likeness (QED) is 0.437. The molecule has 1 unspecified atom stereocenters. The number of aromatic hydroxyl groups is 1. The highest BCUT2D eigenvalue weighted by atomic mass is 16.5. The number of nitrogens with zero attached hydrogens (tertiary/aromatic N) is 1. The second-order valence-electron chi connectivity index (χ2n) is 8.63. The summed E-state index contributed by atoms with van der Waals surface area (Å²) in [6.07, 6.45) is 0. The second kappa shape index (κ2) is 10.1. The predicted octanol–water partition coefficient (Wildman–Crippen LogP) is 4.90. The van der Waals surface area contributed by atoms with Crippen molar-refractivity contribution in [3.05, 3.63) is 113 Å². The van der Waals surface area contributed by atoms with Gasteiger partial charge in [0.25, 0.3) is 5.91 Å². The number of hydrogen-bond donors (Lipinski definition) is 2. The van der Waals surface area contributed by atoms with Gasteiger partial charge in [-0.2, -0.15) is 0 Å². The van der Waals surface area contributed by atoms with Crippen LogP contribution >= 0.6 is 0 Å². The molecule has 1 heterocycles. The number of nitrogens with one attached hydrogen (secondary N) is 1. The van der Waals surface area contributed by atoms with E-state index in [-0.39, 0.29) is 11.7 Å². The van der Waals surface area contributed by atoms with Gasteiger partial charge in [0.2, 0.25) is 0 Å². The Morgan fingerprint density at radius 1 is 0.912 bits per heavy atom. The molecule has 5 heteroatoms. The minimum atomic E-state index is -0.498. The minimum absolute atomic E-state index is 0.161. The Morgan fingerprint density at radius 2 is 1.68 bits per heavy atom. The van der Waals surface area contributed by atoms with Crippen LogP contribution in [0.4, 0.5) is 0 Å². The van der Waals surface area contributed by atoms with Gasteiger partial charge in [0, 0.05) is 30.8 Å². The molecule has 0 aliphatic carbocycles. The van der Waals surface area contributed by atoms with Crippen molar-refractivity contribution in [1.82, 2.24) is 10.2 Å². The largest absolute Gasteiger partial charge is 0.508 e. The van der Waals surface area contributed by atoms with E-state index in [2.05, 4.69) is 16.3 Å². The Labute approximate surface area is 199 Å². The van der Waals surface area contributed by atoms with Crippen molar-refractivity contribution in [3.8, 4) is 5.75 Å². The fourth-order valence-electron chi connectivity index (χ4n) is 4.60. The predicted molar refractivity (Wildman–Crippen MR) is 134 cm³/mol. The zero-order valence-electron chi connectivity index (χ0n) is 19.0. The van der Waals surface area contributed by atoms with Gasteiger partial charge in [-0.05, 0) is 40.1 Å². The zero-order valence-corrected chi connectivity index (χ0v) is 19.0. The molecule has 34 heavy (non-hydrogen) atoms. The van der Waals surface area contributed by atoms with Gasteiger partial charge in [-0.25, -0.2) is 0 Å². The molecule has 172 valence electrons. The van der Waals surface area contributed by atoms with Crippen LogP contribution in [0.2, 0.25) is 0 Å². The standard InChI is InChI=1S/C29H28N2O3/c32-26-14-13-22-8-4-5-12-25(22)27(26)28(23-9-2-1-3-10-23)30-29(33)24-11-6-7-21(19-24)20-31-15-17-34-18-16-31/h1-14,19,28,32H,15-18,20H2,(H,30,33). The molecule has 0 bridgehead atoms. The molecule has 5 nitrogen and oxygen atoms in total. The van der Waals surface area contributed by atoms with Crippen molar-refractivity contribution < 1.29 is 14.6 Å². The number of benzene rings is 4. The summed E-state index contributed by atoms with van der Waals surface area (Å²) in [4.78, 5) is 15.8. The number of phenolic OH excluding ortho intramolecular Hbond substituents is 1. The van der Waals surface area contributed by atoms with Crippen LogP contribution in [0.15, 0.2) is 91.0 Å². The van der Waals surface area contributed by atoms with Gasteiger partial charge in [-0.3, -0.25) is 9.69 Å². The molecule has 0 saturated carbocycles. The summed E-state index contributed by atoms with van der Waals surface area (Å²) in [5, 5.41) is 16.0. The van der Waals surface area contributed by atoms with Gasteiger partial charge < -0.3 is 15.2 Å². The molecule has 2 N–H and O–H groups in total. The number of hydrogen-bond acceptors (Lipinski definition) is 4. The number of morpholine rings is 1. The highest BCUT2D eigenvalue weighted by molar-refractivity contribution is 5.96. The third-order valence-corrected chi connectivity index (χ3v) is 6.34. The molecular weight excluding hydrogens is 424 g/mol. The molecule has 4 aromatic carbocycles. The first-order valence-corrected chi connectivity index (χ1v) is 11.6. The molecule has 1 saturated heterocycles. The van der Waals surface area contributed by atoms with Crippen LogP contribution < -0.4 is 5.32 Å². The minimum Gasteiger partial charge on any atom is -0.508 e. The average Bonchev–Trinajstić information content (AvgIpc) is 2.89. The van der Waals surface area contributed by atoms with Crippen LogP contribution in [0, 0.1) is 0 Å². The third-order valence-electron chi connectivity index (χ3n) is 6.34. The summed E-state index contributed by atoms with van der Waals surface area (Å²) in [7, 11) is 0. The van der Waals surface area contributed by atoms with Gasteiger partial charge in [-0.1, -0.05) is 72.8 Å². The van der Waals surface area contributed by atoms with Crippen LogP contribution in [0.3, 0.4) is 0 Å². The van der Waals surface area contributed by atoms with E-state index in [1.165, 1.54) is 0 Å². The Balaban J connectivity index is 1.47. The van der Waals surface area contributed by atoms with E-state index in [1.807, 2.05) is 78.9 Å². The van der Waals surface area contributed by atoms with Gasteiger partial charge >= 0.3 is 0 Å². The summed E-state index contributed by atoms with van der Waals surface area (Å²) in [5.41, 5.74) is 3.30. The molecule has 0 spiro atoms. The Hall–Kier alpha value is -3.67. The first kappa shape index (κ1) is 22.1. The van der Waals surface area contributed by atoms with Crippen LogP contribution in [0.1, 0.15) is 33.1 Å². The maximum atomic E-state index is 13.5. The lowest BCUT2D eigenvalue weighted by molar-refractivity contribution is 0.0342. The van der Waals surface area contributed by atoms with Crippen molar-refractivity contribution >= 4 is 16.7 Å². The first-order valence-electron chi connectivity index (χ1n) is 11.6. The Kier molecular flexibility index (Phi) is 6.56. The van der Waals surface area contributed by atoms with Gasteiger partial charge in [-0.15, -0.1) is 0 Å². The Bertz CT molecular complexity index is 1280. The first-order chi connectivity index (χ1) is 16.7. The van der Waals surface area contributed by atoms with E-state index in [1.54, 1.807) is 6.07 Å². The molecule has 1 atom stereocenters. The molecule has 5 rings (SSSR count). The van der Waals surface area contributed by atoms with Crippen molar-refractivity contribution in [2.45, 2.75) is 12.6 Å². The number of carbonyl (C=O) groups is 1. The van der Waals surface area contributed by atoms with E-state index in [0.29, 0.717) is 11.1 Å². The molecule has 1 aliphatic heterocycles. The summed E-state index contributed by atoms with van der Waals surface area (Å²) >= 11 is 0. The summed E-state index contributed by atoms with van der Waals surface area (Å²) < 4.78 is 5.44. The average molecular weight is 453 g/mol. The fourth-order valence-corrected chi connectivity index (χ4v) is 4.60. The zero-order chi connectivity index (χ0) is 23.3. The third kappa shape index (κ3) is 4.81. The van der Waals surface area contributed by atoms with Crippen molar-refractivity contribution in [1.29, 1.82) is 0 Å². The van der Waals surface area contributed by atoms with E-state index in [9.17, 15) is 9.90 Å². The summed E-state index contributed by atoms with van der Waals surface area (Å²) in [5.74, 6) is -0.0149. The van der Waals surface area contributed by atoms with E-state index < -0.39 is 6.04 Å². The number of amides is 1. The van der Waals surface area contributed by atoms with E-state index >= 15 is 0 Å². The van der Waals surface area contributed by atoms with Crippen LogP contribution in [-0.4, -0.2) is 42.2 Å². The molecule has 0 aromatic heterocycles. The number of fused-ring (bicyclic) bond motifs is 1. The second-order valence-corrected chi connectivity index (χ2v) is 8.63. The SMILES string of the molecule is O=C(NC(c1ccccc1)c1c(O)ccc2ccccc12)c1cccc(CN2CCOCC2)c1. The molecule has 4 aromatic rings. The van der Waals surface area contributed by atoms with Crippen LogP contribution in [0.25, 0.3) is 10.8 Å².